The van der Waals surface area contributed by atoms with Crippen molar-refractivity contribution < 1.29 is 4.42 Å². The highest BCUT2D eigenvalue weighted by Crippen LogP contribution is 2.19. The van der Waals surface area contributed by atoms with Crippen molar-refractivity contribution >= 4 is 0 Å². The van der Waals surface area contributed by atoms with Crippen LogP contribution in [0.25, 0.3) is 0 Å². The van der Waals surface area contributed by atoms with Gasteiger partial charge in [0.1, 0.15) is 5.76 Å². The number of furan rings is 1. The van der Waals surface area contributed by atoms with Gasteiger partial charge in [-0.05, 0) is 38.3 Å². The van der Waals surface area contributed by atoms with Crippen LogP contribution in [0.4, 0.5) is 0 Å². The second kappa shape index (κ2) is 4.65. The van der Waals surface area contributed by atoms with Gasteiger partial charge in [-0.1, -0.05) is 6.42 Å². The molecular weight excluding hydrogens is 174 g/mol. The van der Waals surface area contributed by atoms with Crippen LogP contribution in [0, 0.1) is 0 Å². The third-order valence-corrected chi connectivity index (χ3v) is 3.03. The van der Waals surface area contributed by atoms with E-state index in [-0.39, 0.29) is 0 Å². The average Bonchev–Trinajstić information content (AvgIpc) is 2.60. The summed E-state index contributed by atoms with van der Waals surface area (Å²) in [4.78, 5) is 0. The number of hydrogen-bond donors (Lipinski definition) is 1. The molecule has 1 unspecified atom stereocenters. The normalized spacial score (nSPS) is 19.2. The Labute approximate surface area is 85.7 Å². The highest BCUT2D eigenvalue weighted by molar-refractivity contribution is 4.98. The predicted octanol–water partition coefficient (Wildman–Crippen LogP) is 2.74. The van der Waals surface area contributed by atoms with Crippen LogP contribution >= 0.6 is 0 Å². The minimum absolute atomic E-state index is 0.616. The molecule has 0 spiro atoms. The molecule has 1 aromatic rings. The zero-order valence-electron chi connectivity index (χ0n) is 8.83. The monoisotopic (exact) mass is 193 g/mol. The zero-order chi connectivity index (χ0) is 9.80. The van der Waals surface area contributed by atoms with Gasteiger partial charge in [0.05, 0.1) is 6.26 Å². The van der Waals surface area contributed by atoms with Gasteiger partial charge in [0.2, 0.25) is 0 Å². The van der Waals surface area contributed by atoms with E-state index in [4.69, 9.17) is 4.42 Å². The molecule has 1 fully saturated rings. The molecule has 0 saturated heterocycles. The molecule has 0 bridgehead atoms. The molecule has 2 heteroatoms. The van der Waals surface area contributed by atoms with Crippen LogP contribution in [0.3, 0.4) is 0 Å². The minimum atomic E-state index is 0.616. The Kier molecular flexibility index (Phi) is 3.25. The Balaban J connectivity index is 1.64. The second-order valence-corrected chi connectivity index (χ2v) is 4.31. The molecule has 0 radical (unpaired) electrons. The van der Waals surface area contributed by atoms with Gasteiger partial charge >= 0.3 is 0 Å². The van der Waals surface area contributed by atoms with E-state index in [1.54, 1.807) is 6.26 Å². The van der Waals surface area contributed by atoms with Gasteiger partial charge in [0.15, 0.2) is 0 Å². The van der Waals surface area contributed by atoms with Crippen LogP contribution in [0.5, 0.6) is 0 Å². The molecule has 1 N–H and O–H groups in total. The standard InChI is InChI=1S/C12H19NO/c1-10(13-11-4-2-5-11)7-8-12-6-3-9-14-12/h3,6,9-11,13H,2,4-5,7-8H2,1H3. The predicted molar refractivity (Wildman–Crippen MR) is 57.3 cm³/mol. The van der Waals surface area contributed by atoms with Crippen molar-refractivity contribution in [2.75, 3.05) is 0 Å². The quantitative estimate of drug-likeness (QED) is 0.777. The first-order chi connectivity index (χ1) is 6.84. The van der Waals surface area contributed by atoms with Gasteiger partial charge in [0, 0.05) is 18.5 Å². The van der Waals surface area contributed by atoms with E-state index in [2.05, 4.69) is 18.3 Å². The van der Waals surface area contributed by atoms with E-state index >= 15 is 0 Å². The summed E-state index contributed by atoms with van der Waals surface area (Å²) in [5.41, 5.74) is 0. The van der Waals surface area contributed by atoms with E-state index in [9.17, 15) is 0 Å². The van der Waals surface area contributed by atoms with Crippen LogP contribution in [0.1, 0.15) is 38.4 Å². The van der Waals surface area contributed by atoms with Crippen molar-refractivity contribution in [3.05, 3.63) is 24.2 Å². The summed E-state index contributed by atoms with van der Waals surface area (Å²) in [6.45, 7) is 2.27. The molecule has 1 aliphatic carbocycles. The first-order valence-electron chi connectivity index (χ1n) is 5.63. The molecule has 0 aromatic carbocycles. The first-order valence-corrected chi connectivity index (χ1v) is 5.63. The summed E-state index contributed by atoms with van der Waals surface area (Å²) in [7, 11) is 0. The minimum Gasteiger partial charge on any atom is -0.469 e. The molecule has 1 atom stereocenters. The van der Waals surface area contributed by atoms with Gasteiger partial charge in [-0.25, -0.2) is 0 Å². The Morgan fingerprint density at radius 2 is 2.43 bits per heavy atom. The van der Waals surface area contributed by atoms with E-state index in [1.807, 2.05) is 6.07 Å². The summed E-state index contributed by atoms with van der Waals surface area (Å²) < 4.78 is 5.30. The second-order valence-electron chi connectivity index (χ2n) is 4.31. The highest BCUT2D eigenvalue weighted by Gasteiger charge is 2.18. The van der Waals surface area contributed by atoms with Gasteiger partial charge in [-0.2, -0.15) is 0 Å². The van der Waals surface area contributed by atoms with Crippen molar-refractivity contribution in [2.24, 2.45) is 0 Å². The number of aryl methyl sites for hydroxylation is 1. The Hall–Kier alpha value is -0.760. The highest BCUT2D eigenvalue weighted by atomic mass is 16.3. The molecule has 78 valence electrons. The number of hydrogen-bond acceptors (Lipinski definition) is 2. The smallest absolute Gasteiger partial charge is 0.103 e. The van der Waals surface area contributed by atoms with Crippen molar-refractivity contribution in [2.45, 2.75) is 51.1 Å². The van der Waals surface area contributed by atoms with Gasteiger partial charge in [-0.3, -0.25) is 0 Å². The third-order valence-electron chi connectivity index (χ3n) is 3.03. The average molecular weight is 193 g/mol. The van der Waals surface area contributed by atoms with Crippen LogP contribution < -0.4 is 5.32 Å². The summed E-state index contributed by atoms with van der Waals surface area (Å²) in [5, 5.41) is 3.64. The maximum absolute atomic E-state index is 5.30. The van der Waals surface area contributed by atoms with E-state index in [0.717, 1.165) is 18.2 Å². The number of rotatable bonds is 5. The Morgan fingerprint density at radius 1 is 1.57 bits per heavy atom. The van der Waals surface area contributed by atoms with Gasteiger partial charge in [0.25, 0.3) is 0 Å². The van der Waals surface area contributed by atoms with Crippen LogP contribution in [0.2, 0.25) is 0 Å². The molecular formula is C12H19NO. The molecule has 1 heterocycles. The van der Waals surface area contributed by atoms with Gasteiger partial charge < -0.3 is 9.73 Å². The van der Waals surface area contributed by atoms with Crippen molar-refractivity contribution in [1.29, 1.82) is 0 Å². The summed E-state index contributed by atoms with van der Waals surface area (Å²) >= 11 is 0. The van der Waals surface area contributed by atoms with Crippen molar-refractivity contribution in [3.63, 3.8) is 0 Å². The maximum atomic E-state index is 5.30. The van der Waals surface area contributed by atoms with E-state index < -0.39 is 0 Å². The molecule has 1 saturated carbocycles. The Bertz CT molecular complexity index is 251. The van der Waals surface area contributed by atoms with Crippen molar-refractivity contribution in [3.8, 4) is 0 Å². The fourth-order valence-electron chi connectivity index (χ4n) is 1.87. The van der Waals surface area contributed by atoms with Crippen LogP contribution in [0.15, 0.2) is 22.8 Å². The topological polar surface area (TPSA) is 25.2 Å². The Morgan fingerprint density at radius 3 is 3.00 bits per heavy atom. The summed E-state index contributed by atoms with van der Waals surface area (Å²) in [5.74, 6) is 1.10. The summed E-state index contributed by atoms with van der Waals surface area (Å²) in [6.07, 6.45) is 8.11. The van der Waals surface area contributed by atoms with Crippen LogP contribution in [-0.2, 0) is 6.42 Å². The number of nitrogens with one attached hydrogen (secondary N) is 1. The van der Waals surface area contributed by atoms with E-state index in [0.29, 0.717) is 6.04 Å². The van der Waals surface area contributed by atoms with Crippen molar-refractivity contribution in [1.82, 2.24) is 5.32 Å². The van der Waals surface area contributed by atoms with Gasteiger partial charge in [-0.15, -0.1) is 0 Å². The SMILES string of the molecule is CC(CCc1ccco1)NC1CCC1. The molecule has 2 nitrogen and oxygen atoms in total. The largest absolute Gasteiger partial charge is 0.469 e. The molecule has 0 aliphatic heterocycles. The lowest BCUT2D eigenvalue weighted by molar-refractivity contribution is 0.302. The molecule has 1 aliphatic rings. The summed E-state index contributed by atoms with van der Waals surface area (Å²) in [6, 6.07) is 5.42. The van der Waals surface area contributed by atoms with Crippen LogP contribution in [-0.4, -0.2) is 12.1 Å². The molecule has 14 heavy (non-hydrogen) atoms. The van der Waals surface area contributed by atoms with E-state index in [1.165, 1.54) is 25.7 Å². The third kappa shape index (κ3) is 2.61. The maximum Gasteiger partial charge on any atom is 0.103 e. The fraction of sp³-hybridized carbons (Fsp3) is 0.667. The lowest BCUT2D eigenvalue weighted by Gasteiger charge is -2.29. The zero-order valence-corrected chi connectivity index (χ0v) is 8.83. The molecule has 2 rings (SSSR count). The lowest BCUT2D eigenvalue weighted by Crippen LogP contribution is -2.41. The fourth-order valence-corrected chi connectivity index (χ4v) is 1.87. The molecule has 0 amide bonds. The lowest BCUT2D eigenvalue weighted by atomic mass is 9.92. The first kappa shape index (κ1) is 9.78. The molecule has 1 aromatic heterocycles.